The van der Waals surface area contributed by atoms with Crippen LogP contribution in [0.2, 0.25) is 0 Å². The molecule has 1 aliphatic heterocycles. The van der Waals surface area contributed by atoms with Crippen molar-refractivity contribution in [1.29, 1.82) is 0 Å². The molecule has 158 valence electrons. The second-order valence-corrected chi connectivity index (χ2v) is 8.31. The number of aliphatic hydroxyl groups is 1. The van der Waals surface area contributed by atoms with Crippen LogP contribution in [-0.2, 0) is 28.6 Å². The van der Waals surface area contributed by atoms with E-state index in [1.807, 2.05) is 0 Å². The summed E-state index contributed by atoms with van der Waals surface area (Å²) in [6.07, 6.45) is 2.62. The Labute approximate surface area is 170 Å². The molecule has 0 amide bonds. The van der Waals surface area contributed by atoms with Gasteiger partial charge in [-0.1, -0.05) is 25.2 Å². The molecule has 0 aromatic rings. The molecule has 0 unspecified atom stereocenters. The lowest BCUT2D eigenvalue weighted by atomic mass is 9.75. The van der Waals surface area contributed by atoms with Crippen LogP contribution in [0, 0.1) is 17.8 Å². The van der Waals surface area contributed by atoms with Gasteiger partial charge in [-0.15, -0.1) is 0 Å². The van der Waals surface area contributed by atoms with E-state index in [9.17, 15) is 19.5 Å². The Hall–Kier alpha value is -2.41. The number of rotatable bonds is 3. The molecule has 1 saturated heterocycles. The summed E-state index contributed by atoms with van der Waals surface area (Å²) in [6, 6.07) is 0. The molecule has 7 atom stereocenters. The van der Waals surface area contributed by atoms with Crippen molar-refractivity contribution in [3.05, 3.63) is 34.9 Å². The minimum Gasteiger partial charge on any atom is -0.458 e. The Balaban J connectivity index is 2.17. The molecule has 0 radical (unpaired) electrons. The molecule has 2 aliphatic carbocycles. The maximum Gasteiger partial charge on any atom is 0.333 e. The van der Waals surface area contributed by atoms with Crippen molar-refractivity contribution in [3.8, 4) is 0 Å². The van der Waals surface area contributed by atoms with Crippen LogP contribution in [0.4, 0.5) is 0 Å². The number of ether oxygens (including phenoxy) is 3. The number of fused-ring (bicyclic) bond motifs is 2. The summed E-state index contributed by atoms with van der Waals surface area (Å²) < 4.78 is 17.1. The van der Waals surface area contributed by atoms with E-state index in [4.69, 9.17) is 14.2 Å². The Bertz CT molecular complexity index is 832. The molecule has 0 aromatic carbocycles. The van der Waals surface area contributed by atoms with E-state index < -0.39 is 59.6 Å². The summed E-state index contributed by atoms with van der Waals surface area (Å²) in [4.78, 5) is 36.9. The van der Waals surface area contributed by atoms with Gasteiger partial charge in [-0.05, 0) is 38.8 Å². The first kappa shape index (κ1) is 21.3. The minimum absolute atomic E-state index is 0.424. The molecule has 3 rings (SSSR count). The molecule has 7 nitrogen and oxygen atoms in total. The molecule has 1 heterocycles. The number of carbonyl (C=O) groups is 3. The molecule has 0 spiro atoms. The third-order valence-corrected chi connectivity index (χ3v) is 6.33. The van der Waals surface area contributed by atoms with Crippen molar-refractivity contribution in [2.24, 2.45) is 17.8 Å². The topological polar surface area (TPSA) is 99.1 Å². The van der Waals surface area contributed by atoms with Crippen LogP contribution in [0.25, 0.3) is 0 Å². The van der Waals surface area contributed by atoms with E-state index in [2.05, 4.69) is 0 Å². The van der Waals surface area contributed by atoms with Crippen molar-refractivity contribution >= 4 is 17.9 Å². The monoisotopic (exact) mass is 404 g/mol. The van der Waals surface area contributed by atoms with Crippen LogP contribution in [-0.4, -0.2) is 46.9 Å². The highest BCUT2D eigenvalue weighted by atomic mass is 16.6. The zero-order valence-electron chi connectivity index (χ0n) is 17.6. The summed E-state index contributed by atoms with van der Waals surface area (Å²) in [5.74, 6) is -3.25. The van der Waals surface area contributed by atoms with Crippen LogP contribution >= 0.6 is 0 Å². The summed E-state index contributed by atoms with van der Waals surface area (Å²) in [7, 11) is 0. The Kier molecular flexibility index (Phi) is 5.47. The molecular formula is C22H28O7. The third kappa shape index (κ3) is 3.52. The highest BCUT2D eigenvalue weighted by Gasteiger charge is 2.60. The molecule has 0 aromatic heterocycles. The molecule has 1 fully saturated rings. The average molecular weight is 404 g/mol. The van der Waals surface area contributed by atoms with Crippen LogP contribution in [0.5, 0.6) is 0 Å². The fourth-order valence-corrected chi connectivity index (χ4v) is 4.61. The quantitative estimate of drug-likeness (QED) is 0.437. The van der Waals surface area contributed by atoms with Gasteiger partial charge < -0.3 is 19.3 Å². The summed E-state index contributed by atoms with van der Waals surface area (Å²) >= 11 is 0. The lowest BCUT2D eigenvalue weighted by Gasteiger charge is -2.37. The van der Waals surface area contributed by atoms with Gasteiger partial charge in [0.15, 0.2) is 6.10 Å². The highest BCUT2D eigenvalue weighted by Crippen LogP contribution is 2.50. The van der Waals surface area contributed by atoms with E-state index in [1.165, 1.54) is 6.92 Å². The molecule has 29 heavy (non-hydrogen) atoms. The van der Waals surface area contributed by atoms with E-state index >= 15 is 0 Å². The SMILES string of the molecule is C/C=C(/C)C(=O)O[C@H]1[C@H]2[C@@H](OC(=O)[C@H]2C)[C@@H](OC(C)=O)C(C)=C2C=C[C@](C)(O)[C@@H]21. The number of carbonyl (C=O) groups excluding carboxylic acids is 3. The molecular weight excluding hydrogens is 376 g/mol. The smallest absolute Gasteiger partial charge is 0.333 e. The van der Waals surface area contributed by atoms with E-state index in [1.54, 1.807) is 52.8 Å². The summed E-state index contributed by atoms with van der Waals surface area (Å²) in [6.45, 7) is 9.81. The maximum atomic E-state index is 12.7. The van der Waals surface area contributed by atoms with E-state index in [0.717, 1.165) is 5.57 Å². The predicted molar refractivity (Wildman–Crippen MR) is 103 cm³/mol. The van der Waals surface area contributed by atoms with Crippen LogP contribution in [0.1, 0.15) is 41.5 Å². The van der Waals surface area contributed by atoms with Gasteiger partial charge in [0.05, 0.1) is 23.4 Å². The summed E-state index contributed by atoms with van der Waals surface area (Å²) in [5.41, 5.74) is 0.534. The van der Waals surface area contributed by atoms with Crippen molar-refractivity contribution < 1.29 is 33.7 Å². The van der Waals surface area contributed by atoms with Crippen molar-refractivity contribution in [1.82, 2.24) is 0 Å². The first-order valence-corrected chi connectivity index (χ1v) is 9.83. The standard InChI is InChI=1S/C22H28O7/c1-7-10(2)20(24)28-18-15-12(4)21(25)29-19(15)17(27-13(5)23)11(3)14-8-9-22(6,26)16(14)18/h7-9,12,15-19,26H,1-6H3/b10-7-/t12-,15-,16-,17-,18-,19+,22-/m0/s1. The lowest BCUT2D eigenvalue weighted by molar-refractivity contribution is -0.164. The number of hydrogen-bond donors (Lipinski definition) is 1. The number of allylic oxidation sites excluding steroid dienone is 2. The van der Waals surface area contributed by atoms with Gasteiger partial charge in [0.25, 0.3) is 0 Å². The van der Waals surface area contributed by atoms with Crippen LogP contribution in [0.15, 0.2) is 34.9 Å². The number of hydrogen-bond acceptors (Lipinski definition) is 7. The molecule has 0 bridgehead atoms. The number of esters is 3. The minimum atomic E-state index is -1.30. The van der Waals surface area contributed by atoms with Gasteiger partial charge in [-0.2, -0.15) is 0 Å². The lowest BCUT2D eigenvalue weighted by Crippen LogP contribution is -2.48. The zero-order chi connectivity index (χ0) is 21.7. The molecule has 1 N–H and O–H groups in total. The second-order valence-electron chi connectivity index (χ2n) is 8.31. The van der Waals surface area contributed by atoms with Crippen LogP contribution < -0.4 is 0 Å². The molecule has 0 saturated carbocycles. The van der Waals surface area contributed by atoms with Gasteiger partial charge in [-0.3, -0.25) is 9.59 Å². The van der Waals surface area contributed by atoms with Gasteiger partial charge in [0.2, 0.25) is 0 Å². The van der Waals surface area contributed by atoms with Gasteiger partial charge >= 0.3 is 17.9 Å². The molecule has 7 heteroatoms. The first-order valence-electron chi connectivity index (χ1n) is 9.83. The molecule has 3 aliphatic rings. The van der Waals surface area contributed by atoms with Crippen molar-refractivity contribution in [2.75, 3.05) is 0 Å². The third-order valence-electron chi connectivity index (χ3n) is 6.33. The van der Waals surface area contributed by atoms with Gasteiger partial charge in [0, 0.05) is 12.5 Å². The Morgan fingerprint density at radius 3 is 2.52 bits per heavy atom. The normalized spacial score (nSPS) is 38.9. The predicted octanol–water partition coefficient (Wildman–Crippen LogP) is 2.24. The van der Waals surface area contributed by atoms with E-state index in [0.29, 0.717) is 11.1 Å². The van der Waals surface area contributed by atoms with Gasteiger partial charge in [-0.25, -0.2) is 4.79 Å². The maximum absolute atomic E-state index is 12.7. The van der Waals surface area contributed by atoms with E-state index in [-0.39, 0.29) is 0 Å². The summed E-state index contributed by atoms with van der Waals surface area (Å²) in [5, 5.41) is 11.1. The van der Waals surface area contributed by atoms with Crippen molar-refractivity contribution in [3.63, 3.8) is 0 Å². The largest absolute Gasteiger partial charge is 0.458 e. The highest BCUT2D eigenvalue weighted by molar-refractivity contribution is 5.88. The Morgan fingerprint density at radius 2 is 1.93 bits per heavy atom. The second kappa shape index (κ2) is 7.44. The van der Waals surface area contributed by atoms with Crippen LogP contribution in [0.3, 0.4) is 0 Å². The fourth-order valence-electron chi connectivity index (χ4n) is 4.61. The zero-order valence-corrected chi connectivity index (χ0v) is 17.6. The fraction of sp³-hybridized carbons (Fsp3) is 0.591. The first-order chi connectivity index (χ1) is 13.5. The Morgan fingerprint density at radius 1 is 1.28 bits per heavy atom. The van der Waals surface area contributed by atoms with Crippen molar-refractivity contribution in [2.45, 2.75) is 65.5 Å². The van der Waals surface area contributed by atoms with Gasteiger partial charge in [0.1, 0.15) is 12.2 Å². The average Bonchev–Trinajstić information content (AvgIpc) is 3.09.